The van der Waals surface area contributed by atoms with Crippen LogP contribution in [0.2, 0.25) is 0 Å². The molecule has 0 atom stereocenters. The molecule has 0 amide bonds. The smallest absolute Gasteiger partial charge is 0.243 e. The molecular weight excluding hydrogens is 268 g/mol. The van der Waals surface area contributed by atoms with Crippen LogP contribution in [0.3, 0.4) is 0 Å². The molecule has 0 bridgehead atoms. The largest absolute Gasteiger partial charge is 0.398 e. The molecule has 0 aliphatic carbocycles. The van der Waals surface area contributed by atoms with Crippen LogP contribution in [0.1, 0.15) is 12.0 Å². The average molecular weight is 286 g/mol. The number of aryl methyl sites for hydroxylation is 1. The second-order valence-electron chi connectivity index (χ2n) is 4.39. The van der Waals surface area contributed by atoms with Gasteiger partial charge in [-0.3, -0.25) is 0 Å². The monoisotopic (exact) mass is 286 g/mol. The minimum absolute atomic E-state index is 0.303. The summed E-state index contributed by atoms with van der Waals surface area (Å²) < 4.78 is 26.5. The number of sulfonamides is 1. The lowest BCUT2D eigenvalue weighted by atomic mass is 10.2. The molecule has 1 fully saturated rings. The lowest BCUT2D eigenvalue weighted by Gasteiger charge is -2.20. The third-order valence-corrected chi connectivity index (χ3v) is 6.01. The molecule has 1 aliphatic rings. The predicted octanol–water partition coefficient (Wildman–Crippen LogP) is 1.70. The molecule has 0 aromatic heterocycles. The first-order valence-electron chi connectivity index (χ1n) is 5.96. The Morgan fingerprint density at radius 2 is 2.06 bits per heavy atom. The maximum absolute atomic E-state index is 12.5. The van der Waals surface area contributed by atoms with E-state index >= 15 is 0 Å². The van der Waals surface area contributed by atoms with Crippen molar-refractivity contribution in [2.75, 3.05) is 30.3 Å². The average Bonchev–Trinajstić information content (AvgIpc) is 2.61. The summed E-state index contributed by atoms with van der Waals surface area (Å²) in [5.41, 5.74) is 7.22. The Balaban J connectivity index is 2.31. The molecule has 4 nitrogen and oxygen atoms in total. The van der Waals surface area contributed by atoms with Gasteiger partial charge in [-0.15, -0.1) is 0 Å². The lowest BCUT2D eigenvalue weighted by Crippen LogP contribution is -2.33. The molecule has 0 radical (unpaired) electrons. The number of thioether (sulfide) groups is 1. The van der Waals surface area contributed by atoms with Gasteiger partial charge in [0.1, 0.15) is 0 Å². The van der Waals surface area contributed by atoms with Crippen LogP contribution in [0.25, 0.3) is 0 Å². The van der Waals surface area contributed by atoms with Gasteiger partial charge in [0.15, 0.2) is 0 Å². The second-order valence-corrected chi connectivity index (χ2v) is 7.55. The molecule has 2 N–H and O–H groups in total. The SMILES string of the molecule is Cc1ccc(S(=O)(=O)N2CCCSCC2)cc1N. The topological polar surface area (TPSA) is 63.4 Å². The maximum atomic E-state index is 12.5. The highest BCUT2D eigenvalue weighted by atomic mass is 32.2. The van der Waals surface area contributed by atoms with Crippen molar-refractivity contribution in [1.29, 1.82) is 0 Å². The van der Waals surface area contributed by atoms with Crippen molar-refractivity contribution in [3.8, 4) is 0 Å². The van der Waals surface area contributed by atoms with Gasteiger partial charge in [-0.05, 0) is 36.8 Å². The summed E-state index contributed by atoms with van der Waals surface area (Å²) in [6.45, 7) is 3.05. The van der Waals surface area contributed by atoms with E-state index in [0.29, 0.717) is 23.7 Å². The third kappa shape index (κ3) is 2.81. The predicted molar refractivity (Wildman–Crippen MR) is 76.3 cm³/mol. The molecular formula is C12H18N2O2S2. The molecule has 1 saturated heterocycles. The van der Waals surface area contributed by atoms with E-state index in [2.05, 4.69) is 0 Å². The summed E-state index contributed by atoms with van der Waals surface area (Å²) in [5.74, 6) is 1.89. The van der Waals surface area contributed by atoms with Gasteiger partial charge in [0.05, 0.1) is 4.90 Å². The number of benzene rings is 1. The van der Waals surface area contributed by atoms with E-state index in [4.69, 9.17) is 5.73 Å². The quantitative estimate of drug-likeness (QED) is 0.841. The second kappa shape index (κ2) is 5.50. The first-order chi connectivity index (χ1) is 8.51. The molecule has 1 aromatic carbocycles. The number of nitrogen functional groups attached to an aromatic ring is 1. The van der Waals surface area contributed by atoms with E-state index in [9.17, 15) is 8.42 Å². The zero-order chi connectivity index (χ0) is 13.2. The molecule has 6 heteroatoms. The Hall–Kier alpha value is -0.720. The molecule has 100 valence electrons. The Morgan fingerprint density at radius 3 is 2.78 bits per heavy atom. The lowest BCUT2D eigenvalue weighted by molar-refractivity contribution is 0.435. The minimum atomic E-state index is -3.38. The van der Waals surface area contributed by atoms with Crippen LogP contribution in [0.15, 0.2) is 23.1 Å². The van der Waals surface area contributed by atoms with Crippen LogP contribution < -0.4 is 5.73 Å². The van der Waals surface area contributed by atoms with Gasteiger partial charge >= 0.3 is 0 Å². The summed E-state index contributed by atoms with van der Waals surface area (Å²) in [6.07, 6.45) is 0.908. The molecule has 2 rings (SSSR count). The Bertz CT molecular complexity index is 521. The summed E-state index contributed by atoms with van der Waals surface area (Å²) in [5, 5.41) is 0. The van der Waals surface area contributed by atoms with Crippen molar-refractivity contribution >= 4 is 27.5 Å². The highest BCUT2D eigenvalue weighted by molar-refractivity contribution is 7.99. The van der Waals surface area contributed by atoms with E-state index in [-0.39, 0.29) is 0 Å². The minimum Gasteiger partial charge on any atom is -0.398 e. The van der Waals surface area contributed by atoms with E-state index in [1.54, 1.807) is 34.3 Å². The van der Waals surface area contributed by atoms with E-state index < -0.39 is 10.0 Å². The normalized spacial score (nSPS) is 18.5. The summed E-state index contributed by atoms with van der Waals surface area (Å²) in [4.78, 5) is 0.303. The first kappa shape index (κ1) is 13.7. The standard InChI is InChI=1S/C12H18N2O2S2/c1-10-3-4-11(9-12(10)13)18(15,16)14-5-2-7-17-8-6-14/h3-4,9H,2,5-8,13H2,1H3. The maximum Gasteiger partial charge on any atom is 0.243 e. The van der Waals surface area contributed by atoms with Gasteiger partial charge < -0.3 is 5.73 Å². The van der Waals surface area contributed by atoms with Crippen LogP contribution in [-0.2, 0) is 10.0 Å². The highest BCUT2D eigenvalue weighted by Crippen LogP contribution is 2.23. The highest BCUT2D eigenvalue weighted by Gasteiger charge is 2.25. The van der Waals surface area contributed by atoms with Crippen molar-refractivity contribution in [2.45, 2.75) is 18.2 Å². The van der Waals surface area contributed by atoms with E-state index in [1.165, 1.54) is 0 Å². The fourth-order valence-corrected chi connectivity index (χ4v) is 4.41. The Labute approximate surface area is 113 Å². The fourth-order valence-electron chi connectivity index (χ4n) is 1.89. The van der Waals surface area contributed by atoms with E-state index in [1.807, 2.05) is 6.92 Å². The zero-order valence-corrected chi connectivity index (χ0v) is 12.1. The van der Waals surface area contributed by atoms with E-state index in [0.717, 1.165) is 23.5 Å². The number of hydrogen-bond acceptors (Lipinski definition) is 4. The van der Waals surface area contributed by atoms with Crippen LogP contribution >= 0.6 is 11.8 Å². The number of nitrogens with two attached hydrogens (primary N) is 1. The number of hydrogen-bond donors (Lipinski definition) is 1. The molecule has 0 saturated carbocycles. The van der Waals surface area contributed by atoms with Crippen molar-refractivity contribution in [2.24, 2.45) is 0 Å². The van der Waals surface area contributed by atoms with Gasteiger partial charge in [0.25, 0.3) is 0 Å². The van der Waals surface area contributed by atoms with Crippen molar-refractivity contribution in [1.82, 2.24) is 4.31 Å². The molecule has 1 aliphatic heterocycles. The zero-order valence-electron chi connectivity index (χ0n) is 10.4. The summed E-state index contributed by atoms with van der Waals surface area (Å²) in [7, 11) is -3.38. The van der Waals surface area contributed by atoms with Gasteiger partial charge in [-0.25, -0.2) is 8.42 Å². The van der Waals surface area contributed by atoms with Crippen LogP contribution in [0, 0.1) is 6.92 Å². The first-order valence-corrected chi connectivity index (χ1v) is 8.55. The Morgan fingerprint density at radius 1 is 1.28 bits per heavy atom. The van der Waals surface area contributed by atoms with Crippen LogP contribution in [-0.4, -0.2) is 37.3 Å². The molecule has 0 unspecified atom stereocenters. The molecule has 1 heterocycles. The number of rotatable bonds is 2. The van der Waals surface area contributed by atoms with Crippen LogP contribution in [0.4, 0.5) is 5.69 Å². The third-order valence-electron chi connectivity index (χ3n) is 3.07. The van der Waals surface area contributed by atoms with Gasteiger partial charge in [-0.2, -0.15) is 16.1 Å². The molecule has 0 spiro atoms. The fraction of sp³-hybridized carbons (Fsp3) is 0.500. The van der Waals surface area contributed by atoms with Crippen molar-refractivity contribution in [3.63, 3.8) is 0 Å². The summed E-state index contributed by atoms with van der Waals surface area (Å²) >= 11 is 1.81. The number of nitrogens with zero attached hydrogens (tertiary/aromatic N) is 1. The molecule has 18 heavy (non-hydrogen) atoms. The van der Waals surface area contributed by atoms with Gasteiger partial charge in [0, 0.05) is 24.5 Å². The van der Waals surface area contributed by atoms with Crippen molar-refractivity contribution < 1.29 is 8.42 Å². The number of anilines is 1. The Kier molecular flexibility index (Phi) is 4.19. The molecule has 1 aromatic rings. The van der Waals surface area contributed by atoms with Crippen molar-refractivity contribution in [3.05, 3.63) is 23.8 Å². The summed E-state index contributed by atoms with van der Waals surface area (Å²) in [6, 6.07) is 4.95. The van der Waals surface area contributed by atoms with Gasteiger partial charge in [0.2, 0.25) is 10.0 Å². The van der Waals surface area contributed by atoms with Gasteiger partial charge in [-0.1, -0.05) is 6.07 Å². The van der Waals surface area contributed by atoms with Crippen LogP contribution in [0.5, 0.6) is 0 Å².